The number of amides is 2. The van der Waals surface area contributed by atoms with Crippen molar-refractivity contribution in [1.29, 1.82) is 0 Å². The van der Waals surface area contributed by atoms with E-state index in [1.54, 1.807) is 18.2 Å². The molecule has 1 unspecified atom stereocenters. The Hall–Kier alpha value is -1.95. The van der Waals surface area contributed by atoms with Crippen LogP contribution >= 0.6 is 15.9 Å². The highest BCUT2D eigenvalue weighted by molar-refractivity contribution is 9.10. The molecule has 0 bridgehead atoms. The lowest BCUT2D eigenvalue weighted by molar-refractivity contribution is -0.136. The molecule has 2 heterocycles. The number of nitrogens with one attached hydrogen (secondary N) is 2. The molecule has 0 spiro atoms. The summed E-state index contributed by atoms with van der Waals surface area (Å²) in [6, 6.07) is 5.03. The van der Waals surface area contributed by atoms with E-state index >= 15 is 0 Å². The van der Waals surface area contributed by atoms with Crippen LogP contribution in [0.4, 0.5) is 0 Å². The lowest BCUT2D eigenvalue weighted by Gasteiger charge is -2.32. The van der Waals surface area contributed by atoms with Gasteiger partial charge in [0.05, 0.1) is 6.61 Å². The summed E-state index contributed by atoms with van der Waals surface area (Å²) in [5, 5.41) is 3.28. The van der Waals surface area contributed by atoms with E-state index in [0.717, 1.165) is 12.8 Å². The third kappa shape index (κ3) is 4.70. The second-order valence-corrected chi connectivity index (χ2v) is 11.1. The molecule has 32 heavy (non-hydrogen) atoms. The number of nitrogens with zero attached hydrogens (tertiary/aromatic N) is 1. The quantitative estimate of drug-likeness (QED) is 0.529. The number of hydrogen-bond acceptors (Lipinski definition) is 5. The Morgan fingerprint density at radius 2 is 2.00 bits per heavy atom. The first-order valence-electron chi connectivity index (χ1n) is 10.8. The standard InChI is InChI=1S/C21H27BrN4O5S/c22-14-6-7-16-15(10-14)19(18(25-16)20(23)27)32(29,30)26-8-9-31-17(12-26)21(28)24-11-13-4-2-1-3-5-13/h6-7,10,13,17,25H,1-5,8-9,11-12H2,(H2,23,27)(H,24,28). The maximum absolute atomic E-state index is 13.6. The minimum atomic E-state index is -4.12. The Kier molecular flexibility index (Phi) is 6.89. The van der Waals surface area contributed by atoms with Crippen molar-refractivity contribution in [2.45, 2.75) is 43.1 Å². The highest BCUT2D eigenvalue weighted by atomic mass is 79.9. The van der Waals surface area contributed by atoms with Gasteiger partial charge in [-0.2, -0.15) is 4.31 Å². The van der Waals surface area contributed by atoms with Crippen LogP contribution in [0.1, 0.15) is 42.6 Å². The van der Waals surface area contributed by atoms with Crippen LogP contribution in [-0.2, 0) is 19.6 Å². The van der Waals surface area contributed by atoms with Gasteiger partial charge < -0.3 is 20.8 Å². The zero-order valence-corrected chi connectivity index (χ0v) is 20.0. The molecule has 1 saturated heterocycles. The predicted octanol–water partition coefficient (Wildman–Crippen LogP) is 2.12. The van der Waals surface area contributed by atoms with Gasteiger partial charge in [0.15, 0.2) is 0 Å². The normalized spacial score (nSPS) is 21.0. The average molecular weight is 527 g/mol. The predicted molar refractivity (Wildman–Crippen MR) is 123 cm³/mol. The summed E-state index contributed by atoms with van der Waals surface area (Å²) < 4.78 is 34.6. The molecular formula is C21H27BrN4O5S. The third-order valence-electron chi connectivity index (χ3n) is 6.17. The molecule has 1 aliphatic carbocycles. The van der Waals surface area contributed by atoms with Gasteiger partial charge in [0.2, 0.25) is 10.0 Å². The molecule has 2 fully saturated rings. The van der Waals surface area contributed by atoms with E-state index in [9.17, 15) is 18.0 Å². The van der Waals surface area contributed by atoms with Gasteiger partial charge >= 0.3 is 0 Å². The Balaban J connectivity index is 1.55. The van der Waals surface area contributed by atoms with Crippen LogP contribution in [0.2, 0.25) is 0 Å². The number of carbonyl (C=O) groups excluding carboxylic acids is 2. The van der Waals surface area contributed by atoms with Gasteiger partial charge in [0.1, 0.15) is 16.7 Å². The van der Waals surface area contributed by atoms with Gasteiger partial charge in [-0.25, -0.2) is 8.42 Å². The van der Waals surface area contributed by atoms with Gasteiger partial charge in [0, 0.05) is 35.0 Å². The van der Waals surface area contributed by atoms with Crippen LogP contribution < -0.4 is 11.1 Å². The molecule has 1 aliphatic heterocycles. The summed E-state index contributed by atoms with van der Waals surface area (Å²) in [6.07, 6.45) is 4.87. The number of halogens is 1. The van der Waals surface area contributed by atoms with E-state index in [2.05, 4.69) is 26.2 Å². The summed E-state index contributed by atoms with van der Waals surface area (Å²) in [7, 11) is -4.12. The summed E-state index contributed by atoms with van der Waals surface area (Å²) in [5.41, 5.74) is 5.78. The molecule has 1 aromatic heterocycles. The largest absolute Gasteiger partial charge is 0.366 e. The van der Waals surface area contributed by atoms with Crippen LogP contribution in [0.15, 0.2) is 27.6 Å². The van der Waals surface area contributed by atoms with Crippen LogP contribution in [-0.4, -0.2) is 61.9 Å². The first-order chi connectivity index (χ1) is 15.3. The van der Waals surface area contributed by atoms with Gasteiger partial charge in [-0.05, 0) is 37.0 Å². The fourth-order valence-corrected chi connectivity index (χ4v) is 6.58. The van der Waals surface area contributed by atoms with E-state index in [1.165, 1.54) is 23.6 Å². The monoisotopic (exact) mass is 526 g/mol. The Morgan fingerprint density at radius 3 is 2.72 bits per heavy atom. The molecule has 2 aromatic rings. The number of ether oxygens (including phenoxy) is 1. The van der Waals surface area contributed by atoms with E-state index in [4.69, 9.17) is 10.5 Å². The second-order valence-electron chi connectivity index (χ2n) is 8.35. The van der Waals surface area contributed by atoms with Crippen molar-refractivity contribution in [3.05, 3.63) is 28.4 Å². The van der Waals surface area contributed by atoms with Crippen molar-refractivity contribution in [3.63, 3.8) is 0 Å². The maximum Gasteiger partial charge on any atom is 0.266 e. The van der Waals surface area contributed by atoms with Gasteiger partial charge in [-0.1, -0.05) is 35.2 Å². The summed E-state index contributed by atoms with van der Waals surface area (Å²) in [4.78, 5) is 27.3. The topological polar surface area (TPSA) is 135 Å². The number of hydrogen-bond donors (Lipinski definition) is 3. The molecule has 1 atom stereocenters. The maximum atomic E-state index is 13.6. The number of primary amides is 1. The van der Waals surface area contributed by atoms with Crippen molar-refractivity contribution in [2.75, 3.05) is 26.2 Å². The second kappa shape index (κ2) is 9.50. The van der Waals surface area contributed by atoms with E-state index in [1.807, 2.05) is 0 Å². The third-order valence-corrected chi connectivity index (χ3v) is 8.61. The van der Waals surface area contributed by atoms with Gasteiger partial charge in [-0.3, -0.25) is 9.59 Å². The minimum absolute atomic E-state index is 0.0770. The molecule has 1 saturated carbocycles. The van der Waals surface area contributed by atoms with Crippen LogP contribution in [0.5, 0.6) is 0 Å². The highest BCUT2D eigenvalue weighted by Gasteiger charge is 2.38. The summed E-state index contributed by atoms with van der Waals surface area (Å²) in [5.74, 6) is -0.725. The van der Waals surface area contributed by atoms with Crippen molar-refractivity contribution in [2.24, 2.45) is 11.7 Å². The van der Waals surface area contributed by atoms with E-state index in [-0.39, 0.29) is 36.2 Å². The fourth-order valence-electron chi connectivity index (χ4n) is 4.46. The van der Waals surface area contributed by atoms with Crippen LogP contribution in [0.3, 0.4) is 0 Å². The molecular weight excluding hydrogens is 500 g/mol. The fraction of sp³-hybridized carbons (Fsp3) is 0.524. The number of aromatic nitrogens is 1. The van der Waals surface area contributed by atoms with Gasteiger partial charge in [-0.15, -0.1) is 0 Å². The lowest BCUT2D eigenvalue weighted by Crippen LogP contribution is -2.52. The molecule has 4 N–H and O–H groups in total. The smallest absolute Gasteiger partial charge is 0.266 e. The summed E-state index contributed by atoms with van der Waals surface area (Å²) in [6.45, 7) is 0.609. The molecule has 1 aromatic carbocycles. The molecule has 2 amide bonds. The Bertz CT molecular complexity index is 1130. The van der Waals surface area contributed by atoms with Crippen LogP contribution in [0, 0.1) is 5.92 Å². The van der Waals surface area contributed by atoms with Crippen LogP contribution in [0.25, 0.3) is 10.9 Å². The number of fused-ring (bicyclic) bond motifs is 1. The number of carbonyl (C=O) groups is 2. The first-order valence-corrected chi connectivity index (χ1v) is 13.0. The lowest BCUT2D eigenvalue weighted by atomic mass is 9.89. The molecule has 4 rings (SSSR count). The van der Waals surface area contributed by atoms with Crippen molar-refractivity contribution >= 4 is 48.7 Å². The number of aromatic amines is 1. The Labute approximate surface area is 195 Å². The van der Waals surface area contributed by atoms with Crippen molar-refractivity contribution in [3.8, 4) is 0 Å². The number of rotatable bonds is 6. The number of sulfonamides is 1. The first kappa shape index (κ1) is 23.2. The zero-order valence-electron chi connectivity index (χ0n) is 17.6. The Morgan fingerprint density at radius 1 is 1.25 bits per heavy atom. The van der Waals surface area contributed by atoms with Crippen molar-refractivity contribution < 1.29 is 22.7 Å². The summed E-state index contributed by atoms with van der Waals surface area (Å²) >= 11 is 3.34. The SMILES string of the molecule is NC(=O)c1[nH]c2ccc(Br)cc2c1S(=O)(=O)N1CCOC(C(=O)NCC2CCCCC2)C1. The number of benzene rings is 1. The van der Waals surface area contributed by atoms with E-state index in [0.29, 0.717) is 27.8 Å². The molecule has 11 heteroatoms. The van der Waals surface area contributed by atoms with Gasteiger partial charge in [0.25, 0.3) is 11.8 Å². The number of nitrogens with two attached hydrogens (primary N) is 1. The average Bonchev–Trinajstić information content (AvgIpc) is 3.18. The highest BCUT2D eigenvalue weighted by Crippen LogP contribution is 2.32. The minimum Gasteiger partial charge on any atom is -0.366 e. The number of morpholine rings is 1. The number of H-pyrrole nitrogens is 1. The molecule has 2 aliphatic rings. The molecule has 174 valence electrons. The van der Waals surface area contributed by atoms with E-state index < -0.39 is 22.0 Å². The molecule has 0 radical (unpaired) electrons. The zero-order chi connectivity index (χ0) is 22.9. The van der Waals surface area contributed by atoms with Crippen molar-refractivity contribution in [1.82, 2.24) is 14.6 Å². The molecule has 9 nitrogen and oxygen atoms in total.